The van der Waals surface area contributed by atoms with Crippen LogP contribution in [0.1, 0.15) is 29.3 Å². The smallest absolute Gasteiger partial charge is 0.251 e. The molecule has 0 heterocycles. The molecule has 2 rings (SSSR count). The van der Waals surface area contributed by atoms with Crippen LogP contribution in [0.2, 0.25) is 0 Å². The predicted molar refractivity (Wildman–Crippen MR) is 84.2 cm³/mol. The molecule has 0 saturated carbocycles. The van der Waals surface area contributed by atoms with Gasteiger partial charge >= 0.3 is 0 Å². The summed E-state index contributed by atoms with van der Waals surface area (Å²) in [6.45, 7) is 2.86. The number of nitrogen functional groups attached to an aromatic ring is 1. The third kappa shape index (κ3) is 4.22. The second-order valence-corrected chi connectivity index (χ2v) is 4.92. The summed E-state index contributed by atoms with van der Waals surface area (Å²) in [6, 6.07) is 10.9. The molecule has 22 heavy (non-hydrogen) atoms. The summed E-state index contributed by atoms with van der Waals surface area (Å²) in [5, 5.41) is 2.80. The van der Waals surface area contributed by atoms with E-state index >= 15 is 0 Å². The van der Waals surface area contributed by atoms with Gasteiger partial charge in [-0.05, 0) is 42.3 Å². The molecule has 116 valence electrons. The molecule has 0 aromatic heterocycles. The monoisotopic (exact) mass is 302 g/mol. The van der Waals surface area contributed by atoms with Crippen LogP contribution in [0.25, 0.3) is 0 Å². The van der Waals surface area contributed by atoms with Crippen LogP contribution in [0.3, 0.4) is 0 Å². The van der Waals surface area contributed by atoms with E-state index in [0.717, 1.165) is 12.0 Å². The maximum absolute atomic E-state index is 12.9. The molecule has 0 aliphatic heterocycles. The van der Waals surface area contributed by atoms with E-state index in [-0.39, 0.29) is 18.3 Å². The molecule has 0 fully saturated rings. The van der Waals surface area contributed by atoms with E-state index in [4.69, 9.17) is 10.5 Å². The predicted octanol–water partition coefficient (Wildman–Crippen LogP) is 3.13. The Balaban J connectivity index is 2.06. The number of hydrogen-bond acceptors (Lipinski definition) is 3. The molecule has 1 amide bonds. The third-order valence-corrected chi connectivity index (χ3v) is 3.12. The van der Waals surface area contributed by atoms with Crippen LogP contribution >= 0.6 is 0 Å². The Kier molecular flexibility index (Phi) is 5.36. The standard InChI is InChI=1S/C17H19FN2O2/c1-2-9-20-17(21)13-5-8-15(19)16(10-13)22-11-12-3-6-14(18)7-4-12/h3-8,10H,2,9,11,19H2,1H3,(H,20,21). The minimum absolute atomic E-state index is 0.159. The maximum Gasteiger partial charge on any atom is 0.251 e. The molecular weight excluding hydrogens is 283 g/mol. The lowest BCUT2D eigenvalue weighted by atomic mass is 10.1. The number of carbonyl (C=O) groups excluding carboxylic acids is 1. The molecule has 0 unspecified atom stereocenters. The normalized spacial score (nSPS) is 10.3. The minimum Gasteiger partial charge on any atom is -0.487 e. The molecule has 5 heteroatoms. The Hall–Kier alpha value is -2.56. The highest BCUT2D eigenvalue weighted by molar-refractivity contribution is 5.95. The van der Waals surface area contributed by atoms with Crippen molar-refractivity contribution < 1.29 is 13.9 Å². The van der Waals surface area contributed by atoms with Crippen LogP contribution in [-0.4, -0.2) is 12.5 Å². The lowest BCUT2D eigenvalue weighted by Gasteiger charge is -2.11. The fraction of sp³-hybridized carbons (Fsp3) is 0.235. The van der Waals surface area contributed by atoms with E-state index in [1.807, 2.05) is 6.92 Å². The van der Waals surface area contributed by atoms with Gasteiger partial charge in [0.1, 0.15) is 18.2 Å². The second-order valence-electron chi connectivity index (χ2n) is 4.92. The Morgan fingerprint density at radius 3 is 2.64 bits per heavy atom. The Morgan fingerprint density at radius 2 is 1.95 bits per heavy atom. The van der Waals surface area contributed by atoms with Gasteiger partial charge in [0.2, 0.25) is 0 Å². The average molecular weight is 302 g/mol. The van der Waals surface area contributed by atoms with Crippen molar-refractivity contribution in [2.24, 2.45) is 0 Å². The molecule has 0 bridgehead atoms. The van der Waals surface area contributed by atoms with Gasteiger partial charge in [0, 0.05) is 12.1 Å². The number of rotatable bonds is 6. The highest BCUT2D eigenvalue weighted by Gasteiger charge is 2.09. The van der Waals surface area contributed by atoms with Crippen LogP contribution in [0.4, 0.5) is 10.1 Å². The third-order valence-electron chi connectivity index (χ3n) is 3.12. The van der Waals surface area contributed by atoms with Crippen molar-refractivity contribution in [3.05, 3.63) is 59.4 Å². The number of benzene rings is 2. The molecular formula is C17H19FN2O2. The SMILES string of the molecule is CCCNC(=O)c1ccc(N)c(OCc2ccc(F)cc2)c1. The Bertz CT molecular complexity index is 642. The summed E-state index contributed by atoms with van der Waals surface area (Å²) in [6.07, 6.45) is 0.870. The fourth-order valence-electron chi connectivity index (χ4n) is 1.88. The largest absolute Gasteiger partial charge is 0.487 e. The van der Waals surface area contributed by atoms with Gasteiger partial charge in [0.15, 0.2) is 0 Å². The molecule has 3 N–H and O–H groups in total. The van der Waals surface area contributed by atoms with E-state index in [0.29, 0.717) is 23.5 Å². The molecule has 0 spiro atoms. The number of nitrogens with one attached hydrogen (secondary N) is 1. The van der Waals surface area contributed by atoms with Crippen LogP contribution in [0.5, 0.6) is 5.75 Å². The number of amides is 1. The summed E-state index contributed by atoms with van der Waals surface area (Å²) in [7, 11) is 0. The van der Waals surface area contributed by atoms with Crippen LogP contribution < -0.4 is 15.8 Å². The van der Waals surface area contributed by atoms with Crippen molar-refractivity contribution in [2.45, 2.75) is 20.0 Å². The first-order valence-electron chi connectivity index (χ1n) is 7.15. The highest BCUT2D eigenvalue weighted by atomic mass is 19.1. The van der Waals surface area contributed by atoms with E-state index in [1.54, 1.807) is 30.3 Å². The Morgan fingerprint density at radius 1 is 1.23 bits per heavy atom. The van der Waals surface area contributed by atoms with Crippen molar-refractivity contribution in [1.29, 1.82) is 0 Å². The topological polar surface area (TPSA) is 64.4 Å². The number of nitrogens with two attached hydrogens (primary N) is 1. The number of halogens is 1. The van der Waals surface area contributed by atoms with Crippen LogP contribution in [0.15, 0.2) is 42.5 Å². The van der Waals surface area contributed by atoms with Gasteiger partial charge in [-0.2, -0.15) is 0 Å². The number of anilines is 1. The van der Waals surface area contributed by atoms with Crippen molar-refractivity contribution >= 4 is 11.6 Å². The van der Waals surface area contributed by atoms with Crippen molar-refractivity contribution in [1.82, 2.24) is 5.32 Å². The van der Waals surface area contributed by atoms with Gasteiger partial charge in [-0.25, -0.2) is 4.39 Å². The lowest BCUT2D eigenvalue weighted by molar-refractivity contribution is 0.0953. The molecule has 0 atom stereocenters. The number of hydrogen-bond donors (Lipinski definition) is 2. The van der Waals surface area contributed by atoms with E-state index in [9.17, 15) is 9.18 Å². The number of carbonyl (C=O) groups is 1. The minimum atomic E-state index is -0.294. The summed E-state index contributed by atoms with van der Waals surface area (Å²) >= 11 is 0. The molecule has 0 aliphatic carbocycles. The van der Waals surface area contributed by atoms with Gasteiger partial charge < -0.3 is 15.8 Å². The number of ether oxygens (including phenoxy) is 1. The summed E-state index contributed by atoms with van der Waals surface area (Å²) in [5.74, 6) is -0.0141. The maximum atomic E-state index is 12.9. The zero-order valence-electron chi connectivity index (χ0n) is 12.4. The van der Waals surface area contributed by atoms with Crippen LogP contribution in [0, 0.1) is 5.82 Å². The molecule has 2 aromatic carbocycles. The lowest BCUT2D eigenvalue weighted by Crippen LogP contribution is -2.24. The molecule has 2 aromatic rings. The fourth-order valence-corrected chi connectivity index (χ4v) is 1.88. The zero-order valence-corrected chi connectivity index (χ0v) is 12.4. The zero-order chi connectivity index (χ0) is 15.9. The van der Waals surface area contributed by atoms with Crippen molar-refractivity contribution in [2.75, 3.05) is 12.3 Å². The molecule has 0 saturated heterocycles. The van der Waals surface area contributed by atoms with Gasteiger partial charge in [0.05, 0.1) is 5.69 Å². The Labute approximate surface area is 129 Å². The van der Waals surface area contributed by atoms with Crippen LogP contribution in [-0.2, 0) is 6.61 Å². The first-order valence-corrected chi connectivity index (χ1v) is 7.15. The molecule has 0 aliphatic rings. The molecule has 0 radical (unpaired) electrons. The first kappa shape index (κ1) is 15.8. The van der Waals surface area contributed by atoms with Gasteiger partial charge in [0.25, 0.3) is 5.91 Å². The summed E-state index contributed by atoms with van der Waals surface area (Å²) in [4.78, 5) is 11.9. The van der Waals surface area contributed by atoms with E-state index in [1.165, 1.54) is 12.1 Å². The quantitative estimate of drug-likeness (QED) is 0.806. The van der Waals surface area contributed by atoms with Crippen molar-refractivity contribution in [3.63, 3.8) is 0 Å². The molecule has 4 nitrogen and oxygen atoms in total. The second kappa shape index (κ2) is 7.45. The van der Waals surface area contributed by atoms with Gasteiger partial charge in [-0.1, -0.05) is 19.1 Å². The van der Waals surface area contributed by atoms with Gasteiger partial charge in [-0.3, -0.25) is 4.79 Å². The summed E-state index contributed by atoms with van der Waals surface area (Å²) in [5.41, 5.74) is 7.63. The van der Waals surface area contributed by atoms with Crippen molar-refractivity contribution in [3.8, 4) is 5.75 Å². The highest BCUT2D eigenvalue weighted by Crippen LogP contribution is 2.24. The first-order chi connectivity index (χ1) is 10.6. The summed E-state index contributed by atoms with van der Waals surface area (Å²) < 4.78 is 18.5. The van der Waals surface area contributed by atoms with E-state index < -0.39 is 0 Å². The van der Waals surface area contributed by atoms with Gasteiger partial charge in [-0.15, -0.1) is 0 Å². The average Bonchev–Trinajstić information content (AvgIpc) is 2.53. The van der Waals surface area contributed by atoms with E-state index in [2.05, 4.69) is 5.32 Å².